The first-order valence-corrected chi connectivity index (χ1v) is 7.57. The standard InChI is InChI=1S/C15H15FN2O2S/c1-10-2-5-12(6-3-10)21(20)9-15(19)18-11-4-7-13(16)14(17)8-11/h2-8H,9,17H2,1H3,(H,18,19). The van der Waals surface area contributed by atoms with E-state index in [4.69, 9.17) is 5.73 Å². The first kappa shape index (κ1) is 15.2. The van der Waals surface area contributed by atoms with E-state index in [-0.39, 0.29) is 11.4 Å². The van der Waals surface area contributed by atoms with Gasteiger partial charge in [0, 0.05) is 10.6 Å². The molecule has 6 heteroatoms. The zero-order chi connectivity index (χ0) is 15.4. The Balaban J connectivity index is 1.99. The second-order valence-electron chi connectivity index (χ2n) is 4.59. The van der Waals surface area contributed by atoms with E-state index >= 15 is 0 Å². The number of hydrogen-bond acceptors (Lipinski definition) is 3. The number of nitrogens with two attached hydrogens (primary N) is 1. The number of benzene rings is 2. The number of amides is 1. The third-order valence-corrected chi connectivity index (χ3v) is 4.15. The molecular weight excluding hydrogens is 291 g/mol. The van der Waals surface area contributed by atoms with Crippen molar-refractivity contribution in [1.82, 2.24) is 0 Å². The maximum Gasteiger partial charge on any atom is 0.237 e. The van der Waals surface area contributed by atoms with Crippen molar-refractivity contribution in [3.05, 3.63) is 53.8 Å². The van der Waals surface area contributed by atoms with Gasteiger partial charge in [-0.1, -0.05) is 17.7 Å². The van der Waals surface area contributed by atoms with Crippen LogP contribution in [0.25, 0.3) is 0 Å². The molecule has 2 aromatic rings. The fraction of sp³-hybridized carbons (Fsp3) is 0.133. The molecule has 0 heterocycles. The largest absolute Gasteiger partial charge is 0.396 e. The number of hydrogen-bond donors (Lipinski definition) is 2. The van der Waals surface area contributed by atoms with Crippen LogP contribution in [-0.2, 0) is 15.6 Å². The van der Waals surface area contributed by atoms with Gasteiger partial charge in [0.1, 0.15) is 11.6 Å². The van der Waals surface area contributed by atoms with Gasteiger partial charge in [0.2, 0.25) is 5.91 Å². The number of carbonyl (C=O) groups is 1. The van der Waals surface area contributed by atoms with Gasteiger partial charge < -0.3 is 11.1 Å². The smallest absolute Gasteiger partial charge is 0.237 e. The van der Waals surface area contributed by atoms with E-state index in [1.165, 1.54) is 18.2 Å². The summed E-state index contributed by atoms with van der Waals surface area (Å²) in [5.74, 6) is -1.13. The zero-order valence-electron chi connectivity index (χ0n) is 11.4. The van der Waals surface area contributed by atoms with Gasteiger partial charge >= 0.3 is 0 Å². The third-order valence-electron chi connectivity index (χ3n) is 2.83. The molecule has 0 spiro atoms. The summed E-state index contributed by atoms with van der Waals surface area (Å²) < 4.78 is 25.1. The van der Waals surface area contributed by atoms with Crippen LogP contribution >= 0.6 is 0 Å². The number of nitrogens with one attached hydrogen (secondary N) is 1. The van der Waals surface area contributed by atoms with Gasteiger partial charge in [0.15, 0.2) is 0 Å². The molecule has 0 fully saturated rings. The Labute approximate surface area is 124 Å². The quantitative estimate of drug-likeness (QED) is 0.852. The van der Waals surface area contributed by atoms with Crippen LogP contribution in [-0.4, -0.2) is 15.9 Å². The SMILES string of the molecule is Cc1ccc(S(=O)CC(=O)Nc2ccc(F)c(N)c2)cc1. The molecule has 0 saturated carbocycles. The van der Waals surface area contributed by atoms with Crippen molar-refractivity contribution in [2.24, 2.45) is 0 Å². The van der Waals surface area contributed by atoms with Crippen molar-refractivity contribution in [3.63, 3.8) is 0 Å². The summed E-state index contributed by atoms with van der Waals surface area (Å²) in [4.78, 5) is 12.4. The van der Waals surface area contributed by atoms with Gasteiger partial charge in [-0.2, -0.15) is 0 Å². The number of anilines is 2. The van der Waals surface area contributed by atoms with E-state index < -0.39 is 22.5 Å². The van der Waals surface area contributed by atoms with Gasteiger partial charge in [0.05, 0.1) is 16.5 Å². The lowest BCUT2D eigenvalue weighted by atomic mass is 10.2. The number of rotatable bonds is 4. The molecule has 110 valence electrons. The van der Waals surface area contributed by atoms with Crippen molar-refractivity contribution in [3.8, 4) is 0 Å². The Morgan fingerprint density at radius 1 is 1.24 bits per heavy atom. The summed E-state index contributed by atoms with van der Waals surface area (Å²) >= 11 is 0. The monoisotopic (exact) mass is 306 g/mol. The van der Waals surface area contributed by atoms with Crippen LogP contribution in [0.1, 0.15) is 5.56 Å². The maximum absolute atomic E-state index is 13.0. The van der Waals surface area contributed by atoms with Crippen LogP contribution in [0.3, 0.4) is 0 Å². The Kier molecular flexibility index (Phi) is 4.70. The summed E-state index contributed by atoms with van der Waals surface area (Å²) in [7, 11) is -1.42. The molecule has 0 saturated heterocycles. The van der Waals surface area contributed by atoms with E-state index in [1.807, 2.05) is 19.1 Å². The van der Waals surface area contributed by atoms with Crippen LogP contribution < -0.4 is 11.1 Å². The highest BCUT2D eigenvalue weighted by atomic mass is 32.2. The molecule has 0 aliphatic rings. The van der Waals surface area contributed by atoms with E-state index in [9.17, 15) is 13.4 Å². The summed E-state index contributed by atoms with van der Waals surface area (Å²) in [5.41, 5.74) is 6.80. The lowest BCUT2D eigenvalue weighted by molar-refractivity contribution is -0.113. The van der Waals surface area contributed by atoms with Crippen molar-refractivity contribution in [2.45, 2.75) is 11.8 Å². The zero-order valence-corrected chi connectivity index (χ0v) is 12.2. The second kappa shape index (κ2) is 6.49. The Morgan fingerprint density at radius 2 is 1.90 bits per heavy atom. The third kappa shape index (κ3) is 4.13. The lowest BCUT2D eigenvalue weighted by Gasteiger charge is -2.07. The summed E-state index contributed by atoms with van der Waals surface area (Å²) in [6, 6.07) is 11.0. The molecule has 0 aliphatic heterocycles. The van der Waals surface area contributed by atoms with Crippen LogP contribution in [0.4, 0.5) is 15.8 Å². The molecule has 3 N–H and O–H groups in total. The minimum atomic E-state index is -1.42. The van der Waals surface area contributed by atoms with Crippen LogP contribution in [0.15, 0.2) is 47.4 Å². The fourth-order valence-corrected chi connectivity index (χ4v) is 2.63. The number of nitrogen functional groups attached to an aromatic ring is 1. The Hall–Kier alpha value is -2.21. The van der Waals surface area contributed by atoms with Gasteiger partial charge in [-0.15, -0.1) is 0 Å². The molecule has 2 rings (SSSR count). The maximum atomic E-state index is 13.0. The fourth-order valence-electron chi connectivity index (χ4n) is 1.71. The van der Waals surface area contributed by atoms with E-state index in [0.717, 1.165) is 5.56 Å². The molecular formula is C15H15FN2O2S. The molecule has 0 bridgehead atoms. The summed E-state index contributed by atoms with van der Waals surface area (Å²) in [6.07, 6.45) is 0. The van der Waals surface area contributed by atoms with Gasteiger partial charge in [0.25, 0.3) is 0 Å². The first-order chi connectivity index (χ1) is 9.95. The molecule has 4 nitrogen and oxygen atoms in total. The second-order valence-corrected chi connectivity index (χ2v) is 6.04. The topological polar surface area (TPSA) is 72.2 Å². The highest BCUT2D eigenvalue weighted by molar-refractivity contribution is 7.85. The summed E-state index contributed by atoms with van der Waals surface area (Å²) in [5, 5.41) is 2.54. The molecule has 1 unspecified atom stereocenters. The van der Waals surface area contributed by atoms with Crippen molar-refractivity contribution < 1.29 is 13.4 Å². The number of halogens is 1. The first-order valence-electron chi connectivity index (χ1n) is 6.25. The van der Waals surface area contributed by atoms with Crippen LogP contribution in [0.2, 0.25) is 0 Å². The molecule has 21 heavy (non-hydrogen) atoms. The molecule has 0 aliphatic carbocycles. The van der Waals surface area contributed by atoms with E-state index in [1.54, 1.807) is 12.1 Å². The Morgan fingerprint density at radius 3 is 2.52 bits per heavy atom. The van der Waals surface area contributed by atoms with Gasteiger partial charge in [-0.3, -0.25) is 9.00 Å². The van der Waals surface area contributed by atoms with Gasteiger partial charge in [-0.05, 0) is 37.3 Å². The average molecular weight is 306 g/mol. The van der Waals surface area contributed by atoms with Crippen LogP contribution in [0.5, 0.6) is 0 Å². The minimum absolute atomic E-state index is 0.0487. The van der Waals surface area contributed by atoms with Crippen LogP contribution in [0, 0.1) is 12.7 Å². The van der Waals surface area contributed by atoms with E-state index in [2.05, 4.69) is 5.32 Å². The number of aryl methyl sites for hydroxylation is 1. The van der Waals surface area contributed by atoms with Crippen molar-refractivity contribution in [1.29, 1.82) is 0 Å². The minimum Gasteiger partial charge on any atom is -0.396 e. The normalized spacial score (nSPS) is 11.9. The Bertz CT molecular complexity index is 687. The predicted molar refractivity (Wildman–Crippen MR) is 81.9 cm³/mol. The number of carbonyl (C=O) groups excluding carboxylic acids is 1. The molecule has 2 aromatic carbocycles. The molecule has 0 radical (unpaired) electrons. The lowest BCUT2D eigenvalue weighted by Crippen LogP contribution is -2.19. The molecule has 1 atom stereocenters. The van der Waals surface area contributed by atoms with Crippen molar-refractivity contribution in [2.75, 3.05) is 16.8 Å². The highest BCUT2D eigenvalue weighted by Gasteiger charge is 2.11. The predicted octanol–water partition coefficient (Wildman–Crippen LogP) is 2.46. The molecule has 1 amide bonds. The van der Waals surface area contributed by atoms with E-state index in [0.29, 0.717) is 10.6 Å². The molecule has 0 aromatic heterocycles. The summed E-state index contributed by atoms with van der Waals surface area (Å²) in [6.45, 7) is 1.93. The highest BCUT2D eigenvalue weighted by Crippen LogP contribution is 2.16. The van der Waals surface area contributed by atoms with Gasteiger partial charge in [-0.25, -0.2) is 4.39 Å². The average Bonchev–Trinajstić information content (AvgIpc) is 2.43. The van der Waals surface area contributed by atoms with Crippen molar-refractivity contribution >= 4 is 28.1 Å².